The maximum Gasteiger partial charge on any atom is 0.0969 e. The molecule has 1 heteroatoms. The van der Waals surface area contributed by atoms with E-state index < -0.39 is 0 Å². The summed E-state index contributed by atoms with van der Waals surface area (Å²) >= 11 is 0. The summed E-state index contributed by atoms with van der Waals surface area (Å²) in [5.41, 5.74) is 3.16. The molecule has 2 aliphatic carbocycles. The summed E-state index contributed by atoms with van der Waals surface area (Å²) in [7, 11) is 0. The summed E-state index contributed by atoms with van der Waals surface area (Å²) in [5.74, 6) is 0.930. The molecule has 0 N–H and O–H groups in total. The van der Waals surface area contributed by atoms with Gasteiger partial charge in [0.1, 0.15) is 0 Å². The maximum absolute atomic E-state index is 4.36. The van der Waals surface area contributed by atoms with Crippen molar-refractivity contribution < 1.29 is 0 Å². The number of rotatable bonds is 1. The van der Waals surface area contributed by atoms with Crippen LogP contribution in [0.15, 0.2) is 28.3 Å². The van der Waals surface area contributed by atoms with Crippen LogP contribution in [0.4, 0.5) is 0 Å². The first-order valence-corrected chi connectivity index (χ1v) is 3.90. The van der Waals surface area contributed by atoms with E-state index in [1.165, 1.54) is 18.4 Å². The van der Waals surface area contributed by atoms with Crippen molar-refractivity contribution in [3.05, 3.63) is 23.3 Å². The highest BCUT2D eigenvalue weighted by Gasteiger charge is 2.44. The highest BCUT2D eigenvalue weighted by molar-refractivity contribution is 5.79. The highest BCUT2D eigenvalue weighted by atomic mass is 14.8. The van der Waals surface area contributed by atoms with E-state index in [0.29, 0.717) is 6.04 Å². The zero-order valence-corrected chi connectivity index (χ0v) is 5.75. The highest BCUT2D eigenvalue weighted by Crippen LogP contribution is 2.52. The van der Waals surface area contributed by atoms with E-state index in [-0.39, 0.29) is 0 Å². The first-order chi connectivity index (χ1) is 4.97. The van der Waals surface area contributed by atoms with Gasteiger partial charge in [0.2, 0.25) is 0 Å². The molecule has 0 amide bonds. The molecule has 0 bridgehead atoms. The number of hydrogen-bond donors (Lipinski definition) is 0. The van der Waals surface area contributed by atoms with E-state index in [9.17, 15) is 0 Å². The number of fused-ring (bicyclic) bond motifs is 1. The summed E-state index contributed by atoms with van der Waals surface area (Å²) in [5, 5.41) is 0. The lowest BCUT2D eigenvalue weighted by Gasteiger charge is -1.91. The van der Waals surface area contributed by atoms with Gasteiger partial charge >= 0.3 is 0 Å². The van der Waals surface area contributed by atoms with Gasteiger partial charge in [-0.25, -0.2) is 0 Å². The Morgan fingerprint density at radius 1 is 1.40 bits per heavy atom. The molecule has 1 atom stereocenters. The van der Waals surface area contributed by atoms with Crippen molar-refractivity contribution in [3.8, 4) is 0 Å². The number of nitrogens with zero attached hydrogens (tertiary/aromatic N) is 1. The Balaban J connectivity index is 1.95. The van der Waals surface area contributed by atoms with Crippen LogP contribution in [0.5, 0.6) is 0 Å². The second-order valence-electron chi connectivity index (χ2n) is 3.24. The van der Waals surface area contributed by atoms with Crippen LogP contribution in [0.2, 0.25) is 0 Å². The van der Waals surface area contributed by atoms with Crippen LogP contribution in [-0.4, -0.2) is 12.3 Å². The lowest BCUT2D eigenvalue weighted by molar-refractivity contribution is 0.967. The quantitative estimate of drug-likeness (QED) is 0.513. The molecule has 3 rings (SSSR count). The normalized spacial score (nSPS) is 34.6. The van der Waals surface area contributed by atoms with Crippen molar-refractivity contribution in [2.75, 3.05) is 0 Å². The molecule has 0 aromatic heterocycles. The van der Waals surface area contributed by atoms with E-state index >= 15 is 0 Å². The average molecular weight is 131 g/mol. The van der Waals surface area contributed by atoms with Gasteiger partial charge < -0.3 is 0 Å². The summed E-state index contributed by atoms with van der Waals surface area (Å²) < 4.78 is 0. The zero-order valence-electron chi connectivity index (χ0n) is 5.75. The molecule has 0 saturated heterocycles. The molecule has 1 fully saturated rings. The third-order valence-corrected chi connectivity index (χ3v) is 2.45. The van der Waals surface area contributed by atoms with Crippen LogP contribution in [0.1, 0.15) is 12.8 Å². The Labute approximate surface area is 60.2 Å². The maximum atomic E-state index is 4.36. The first kappa shape index (κ1) is 4.89. The third-order valence-electron chi connectivity index (χ3n) is 2.45. The van der Waals surface area contributed by atoms with Crippen LogP contribution in [-0.2, 0) is 0 Å². The molecule has 10 heavy (non-hydrogen) atoms. The number of aliphatic imine (C=N–C) groups is 1. The van der Waals surface area contributed by atoms with Crippen molar-refractivity contribution in [1.29, 1.82) is 0 Å². The molecule has 0 radical (unpaired) electrons. The summed E-state index contributed by atoms with van der Waals surface area (Å²) in [6.07, 6.45) is 9.01. The van der Waals surface area contributed by atoms with E-state index in [4.69, 9.17) is 0 Å². The second kappa shape index (κ2) is 1.42. The number of dihydropyridines is 1. The van der Waals surface area contributed by atoms with Gasteiger partial charge in [0.25, 0.3) is 0 Å². The smallest absolute Gasteiger partial charge is 0.0969 e. The molecule has 0 unspecified atom stereocenters. The molecule has 3 aliphatic rings. The molecule has 1 aliphatic heterocycles. The van der Waals surface area contributed by atoms with Crippen molar-refractivity contribution >= 4 is 6.21 Å². The predicted molar refractivity (Wildman–Crippen MR) is 41.2 cm³/mol. The van der Waals surface area contributed by atoms with E-state index in [1.54, 1.807) is 5.57 Å². The van der Waals surface area contributed by atoms with Crippen LogP contribution in [0.25, 0.3) is 0 Å². The minimum Gasteiger partial charge on any atom is -0.281 e. The van der Waals surface area contributed by atoms with Gasteiger partial charge in [0.05, 0.1) is 6.04 Å². The minimum absolute atomic E-state index is 0.539. The van der Waals surface area contributed by atoms with Crippen molar-refractivity contribution in [2.24, 2.45) is 10.9 Å². The van der Waals surface area contributed by atoms with Crippen molar-refractivity contribution in [2.45, 2.75) is 18.9 Å². The first-order valence-electron chi connectivity index (χ1n) is 3.90. The number of allylic oxidation sites excluding steroid dienone is 1. The zero-order chi connectivity index (χ0) is 6.55. The molecular formula is C9H9N. The van der Waals surface area contributed by atoms with Crippen LogP contribution >= 0.6 is 0 Å². The molecule has 50 valence electrons. The van der Waals surface area contributed by atoms with E-state index in [2.05, 4.69) is 11.1 Å². The molecule has 1 heterocycles. The molecule has 1 saturated carbocycles. The van der Waals surface area contributed by atoms with Gasteiger partial charge in [-0.2, -0.15) is 0 Å². The summed E-state index contributed by atoms with van der Waals surface area (Å²) in [6, 6.07) is 0.539. The standard InChI is InChI=1S/C9H9N/c1-2-7-8(6-3-4-6)9(7)10-5-1/h1-2,5-6,9H,3-4H2/t9-/m1/s1. The van der Waals surface area contributed by atoms with Gasteiger partial charge in [-0.05, 0) is 36.0 Å². The molecular weight excluding hydrogens is 122 g/mol. The van der Waals surface area contributed by atoms with Gasteiger partial charge in [0, 0.05) is 6.21 Å². The van der Waals surface area contributed by atoms with Crippen molar-refractivity contribution in [3.63, 3.8) is 0 Å². The monoisotopic (exact) mass is 131 g/mol. The molecule has 0 spiro atoms. The lowest BCUT2D eigenvalue weighted by Crippen LogP contribution is -1.89. The van der Waals surface area contributed by atoms with E-state index in [0.717, 1.165) is 5.92 Å². The summed E-state index contributed by atoms with van der Waals surface area (Å²) in [4.78, 5) is 4.36. The van der Waals surface area contributed by atoms with Crippen LogP contribution in [0, 0.1) is 5.92 Å². The number of hydrogen-bond acceptors (Lipinski definition) is 1. The Bertz CT molecular complexity index is 266. The fraction of sp³-hybridized carbons (Fsp3) is 0.444. The van der Waals surface area contributed by atoms with Gasteiger partial charge in [-0.15, -0.1) is 0 Å². The van der Waals surface area contributed by atoms with E-state index in [1.807, 2.05) is 12.3 Å². The fourth-order valence-corrected chi connectivity index (χ4v) is 1.73. The Hall–Kier alpha value is -0.850. The molecule has 1 nitrogen and oxygen atoms in total. The van der Waals surface area contributed by atoms with Crippen LogP contribution in [0.3, 0.4) is 0 Å². The van der Waals surface area contributed by atoms with Crippen LogP contribution < -0.4 is 0 Å². The molecule has 0 aromatic carbocycles. The topological polar surface area (TPSA) is 12.4 Å². The summed E-state index contributed by atoms with van der Waals surface area (Å²) in [6.45, 7) is 0. The Kier molecular flexibility index (Phi) is 0.693. The minimum atomic E-state index is 0.539. The molecule has 0 aromatic rings. The Morgan fingerprint density at radius 2 is 2.30 bits per heavy atom. The largest absolute Gasteiger partial charge is 0.281 e. The fourth-order valence-electron chi connectivity index (χ4n) is 1.73. The third kappa shape index (κ3) is 0.505. The van der Waals surface area contributed by atoms with Gasteiger partial charge in [0.15, 0.2) is 0 Å². The lowest BCUT2D eigenvalue weighted by atomic mass is 10.3. The average Bonchev–Trinajstić information content (AvgIpc) is 2.81. The Morgan fingerprint density at radius 3 is 2.90 bits per heavy atom. The second-order valence-corrected chi connectivity index (χ2v) is 3.24. The van der Waals surface area contributed by atoms with Crippen molar-refractivity contribution in [1.82, 2.24) is 0 Å². The SMILES string of the molecule is C1=CC2=C(C3CC3)[C@@H]2N=C1. The predicted octanol–water partition coefficient (Wildman–Crippen LogP) is 1.72. The van der Waals surface area contributed by atoms with Gasteiger partial charge in [-0.3, -0.25) is 4.99 Å². The van der Waals surface area contributed by atoms with Gasteiger partial charge in [-0.1, -0.05) is 6.08 Å².